The van der Waals surface area contributed by atoms with Gasteiger partial charge in [-0.15, -0.1) is 0 Å². The maximum Gasteiger partial charge on any atom is 0.303 e. The van der Waals surface area contributed by atoms with Gasteiger partial charge < -0.3 is 33.7 Å². The molecule has 0 spiro atoms. The normalized spacial score (nSPS) is 19.5. The minimum atomic E-state index is -4.60. The number of ether oxygens (including phenoxy) is 5. The van der Waals surface area contributed by atoms with E-state index in [9.17, 15) is 43.7 Å². The number of fused-ring (bicyclic) bond motifs is 2. The summed E-state index contributed by atoms with van der Waals surface area (Å²) < 4.78 is 132. The molecule has 2 aliphatic rings. The quantitative estimate of drug-likeness (QED) is 0.0296. The molecule has 2 aromatic carbocycles. The molecule has 21 heteroatoms. The topological polar surface area (TPSA) is 253 Å². The molecule has 2 heterocycles. The molecule has 0 aromatic heterocycles. The molecule has 2 aliphatic heterocycles. The Labute approximate surface area is 394 Å². The molecule has 4 N–H and O–H groups in total. The fourth-order valence-corrected chi connectivity index (χ4v) is 9.88. The van der Waals surface area contributed by atoms with E-state index in [1.54, 1.807) is 44.6 Å². The van der Waals surface area contributed by atoms with E-state index in [-0.39, 0.29) is 42.3 Å². The standard InChI is InChI=1S/C46H64N2O16S3/c1-45(21-13-33-65(51,52)53)38-34-36(66(54,55)56)18-20-41(38)48(24-26-62-29-30-64-32-31-63-28-27-61-4)42(45)14-9-6-5-7-10-15-43-46(2,22-25-60-3)39-35-37(67(57,58)59)17-19-40(39)47(43)23-12-8-11-16-44(49)50/h5-7,9-10,14-15,17-20,34-35H,8,11-13,16,21-33H2,1-4H3,(H3-,49,50,51,52,53,54,55,56,57,58,59)/p+1. The summed E-state index contributed by atoms with van der Waals surface area (Å²) >= 11 is 0. The predicted octanol–water partition coefficient (Wildman–Crippen LogP) is 5.91. The van der Waals surface area contributed by atoms with Gasteiger partial charge >= 0.3 is 5.97 Å². The van der Waals surface area contributed by atoms with E-state index < -0.39 is 52.9 Å². The van der Waals surface area contributed by atoms with Crippen LogP contribution in [0.15, 0.2) is 94.4 Å². The van der Waals surface area contributed by atoms with Gasteiger partial charge in [0.15, 0.2) is 5.71 Å². The van der Waals surface area contributed by atoms with Crippen molar-refractivity contribution in [2.45, 2.75) is 79.4 Å². The number of hydrogen-bond acceptors (Lipinski definition) is 13. The minimum absolute atomic E-state index is 0.0377. The Morgan fingerprint density at radius 3 is 1.87 bits per heavy atom. The number of anilines is 1. The number of hydrogen-bond donors (Lipinski definition) is 4. The number of unbranched alkanes of at least 4 members (excludes halogenated alkanes) is 2. The zero-order chi connectivity index (χ0) is 49.3. The minimum Gasteiger partial charge on any atom is -0.481 e. The molecule has 0 amide bonds. The van der Waals surface area contributed by atoms with Crippen LogP contribution < -0.4 is 4.90 Å². The number of carboxylic acids is 1. The molecule has 0 aliphatic carbocycles. The first-order valence-electron chi connectivity index (χ1n) is 21.9. The molecule has 2 aromatic rings. The highest BCUT2D eigenvalue weighted by atomic mass is 32.2. The van der Waals surface area contributed by atoms with Crippen LogP contribution in [-0.4, -0.2) is 146 Å². The van der Waals surface area contributed by atoms with E-state index in [1.165, 1.54) is 24.3 Å². The van der Waals surface area contributed by atoms with Crippen LogP contribution in [0.3, 0.4) is 0 Å². The Bertz CT molecular complexity index is 2500. The highest BCUT2D eigenvalue weighted by Crippen LogP contribution is 2.51. The van der Waals surface area contributed by atoms with Gasteiger partial charge in [-0.2, -0.15) is 29.8 Å². The fourth-order valence-electron chi connectivity index (χ4n) is 8.36. The number of methoxy groups -OCH3 is 2. The molecule has 0 radical (unpaired) electrons. The van der Waals surface area contributed by atoms with Crippen molar-refractivity contribution in [3.05, 3.63) is 95.8 Å². The van der Waals surface area contributed by atoms with Gasteiger partial charge in [0.25, 0.3) is 30.4 Å². The van der Waals surface area contributed by atoms with E-state index in [1.807, 2.05) is 43.1 Å². The van der Waals surface area contributed by atoms with Crippen molar-refractivity contribution in [1.29, 1.82) is 0 Å². The molecule has 18 nitrogen and oxygen atoms in total. The maximum atomic E-state index is 12.3. The second-order valence-electron chi connectivity index (χ2n) is 16.5. The van der Waals surface area contributed by atoms with Crippen LogP contribution in [0.2, 0.25) is 0 Å². The number of benzene rings is 2. The first-order chi connectivity index (χ1) is 31.7. The number of allylic oxidation sites excluding steroid dienone is 8. The van der Waals surface area contributed by atoms with Crippen LogP contribution in [0, 0.1) is 0 Å². The monoisotopic (exact) mass is 997 g/mol. The fraction of sp³-hybridized carbons (Fsp3) is 0.522. The Balaban J connectivity index is 1.65. The number of carbonyl (C=O) groups is 1. The second kappa shape index (κ2) is 25.5. The molecule has 67 heavy (non-hydrogen) atoms. The first kappa shape index (κ1) is 55.5. The van der Waals surface area contributed by atoms with E-state index in [4.69, 9.17) is 28.8 Å². The summed E-state index contributed by atoms with van der Waals surface area (Å²) in [6.45, 7) is 7.60. The average molecular weight is 998 g/mol. The molecule has 0 saturated carbocycles. The lowest BCUT2D eigenvalue weighted by atomic mass is 9.76. The Morgan fingerprint density at radius 2 is 1.25 bits per heavy atom. The van der Waals surface area contributed by atoms with Crippen LogP contribution in [0.1, 0.15) is 69.9 Å². The molecule has 0 bridgehead atoms. The third-order valence-corrected chi connectivity index (χ3v) is 14.3. The van der Waals surface area contributed by atoms with E-state index in [0.29, 0.717) is 101 Å². The lowest BCUT2D eigenvalue weighted by Gasteiger charge is -2.30. The van der Waals surface area contributed by atoms with E-state index >= 15 is 0 Å². The number of carboxylic acid groups (broad SMARTS) is 1. The van der Waals surface area contributed by atoms with E-state index in [2.05, 4.69) is 4.58 Å². The van der Waals surface area contributed by atoms with Crippen molar-refractivity contribution in [3.8, 4) is 0 Å². The maximum absolute atomic E-state index is 12.3. The largest absolute Gasteiger partial charge is 0.481 e. The Morgan fingerprint density at radius 1 is 0.672 bits per heavy atom. The van der Waals surface area contributed by atoms with Crippen molar-refractivity contribution in [3.63, 3.8) is 0 Å². The van der Waals surface area contributed by atoms with Crippen LogP contribution in [0.5, 0.6) is 0 Å². The summed E-state index contributed by atoms with van der Waals surface area (Å²) in [6, 6.07) is 8.78. The molecular weight excluding hydrogens is 933 g/mol. The smallest absolute Gasteiger partial charge is 0.303 e. The van der Waals surface area contributed by atoms with Gasteiger partial charge in [0.2, 0.25) is 5.69 Å². The van der Waals surface area contributed by atoms with Crippen molar-refractivity contribution in [1.82, 2.24) is 0 Å². The second-order valence-corrected chi connectivity index (χ2v) is 20.9. The Kier molecular flexibility index (Phi) is 21.1. The number of aliphatic carboxylic acids is 1. The van der Waals surface area contributed by atoms with Gasteiger partial charge in [0, 0.05) is 74.7 Å². The zero-order valence-corrected chi connectivity index (χ0v) is 41.0. The third kappa shape index (κ3) is 16.0. The number of rotatable bonds is 31. The van der Waals surface area contributed by atoms with Crippen LogP contribution in [0.25, 0.3) is 0 Å². The molecule has 372 valence electrons. The number of nitrogens with zero attached hydrogens (tertiary/aromatic N) is 2. The van der Waals surface area contributed by atoms with Crippen molar-refractivity contribution in [2.75, 3.05) is 90.8 Å². The van der Waals surface area contributed by atoms with Gasteiger partial charge in [-0.05, 0) is 87.9 Å². The van der Waals surface area contributed by atoms with Crippen molar-refractivity contribution in [2.24, 2.45) is 0 Å². The molecular formula is C46H65N2O16S3+. The highest BCUT2D eigenvalue weighted by molar-refractivity contribution is 7.86. The van der Waals surface area contributed by atoms with Crippen LogP contribution in [0.4, 0.5) is 11.4 Å². The average Bonchev–Trinajstić information content (AvgIpc) is 3.62. The van der Waals surface area contributed by atoms with Gasteiger partial charge in [-0.3, -0.25) is 18.5 Å². The first-order valence-corrected chi connectivity index (χ1v) is 26.4. The van der Waals surface area contributed by atoms with Gasteiger partial charge in [0.05, 0.1) is 67.2 Å². The van der Waals surface area contributed by atoms with Crippen molar-refractivity contribution < 1.29 is 77.1 Å². The van der Waals surface area contributed by atoms with Gasteiger partial charge in [-0.1, -0.05) is 30.4 Å². The lowest BCUT2D eigenvalue weighted by Crippen LogP contribution is -2.33. The van der Waals surface area contributed by atoms with Crippen LogP contribution >= 0.6 is 0 Å². The lowest BCUT2D eigenvalue weighted by molar-refractivity contribution is -0.438. The summed E-state index contributed by atoms with van der Waals surface area (Å²) in [6.07, 6.45) is 15.4. The van der Waals surface area contributed by atoms with Crippen molar-refractivity contribution >= 4 is 53.4 Å². The summed E-state index contributed by atoms with van der Waals surface area (Å²) in [5.74, 6) is -1.39. The summed E-state index contributed by atoms with van der Waals surface area (Å²) in [5, 5.41) is 9.13. The summed E-state index contributed by atoms with van der Waals surface area (Å²) in [7, 11) is -10.2. The summed E-state index contributed by atoms with van der Waals surface area (Å²) in [5.41, 5.74) is 2.47. The third-order valence-electron chi connectivity index (χ3n) is 11.8. The predicted molar refractivity (Wildman–Crippen MR) is 252 cm³/mol. The molecule has 0 saturated heterocycles. The molecule has 4 rings (SSSR count). The van der Waals surface area contributed by atoms with Crippen LogP contribution in [-0.2, 0) is 69.7 Å². The van der Waals surface area contributed by atoms with Gasteiger partial charge in [0.1, 0.15) is 6.54 Å². The molecule has 2 unspecified atom stereocenters. The van der Waals surface area contributed by atoms with Gasteiger partial charge in [-0.25, -0.2) is 0 Å². The molecule has 0 fully saturated rings. The molecule has 2 atom stereocenters. The summed E-state index contributed by atoms with van der Waals surface area (Å²) in [4.78, 5) is 12.5. The SMILES string of the molecule is COCCOCCOCCOCCN1/C(=C/C=C/C=C/C=C/C2=[N+](CCCCCC(=O)O)c3ccc(S(=O)(=O)O)cc3C2(C)CCOC)C(C)(CCCS(=O)(=O)O)c2cc(S(=O)(=O)O)ccc21. The highest BCUT2D eigenvalue weighted by Gasteiger charge is 2.48. The zero-order valence-electron chi connectivity index (χ0n) is 38.5. The Hall–Kier alpha value is -4.13. The van der Waals surface area contributed by atoms with E-state index in [0.717, 1.165) is 11.4 Å².